The van der Waals surface area contributed by atoms with Crippen LogP contribution in [0.1, 0.15) is 19.3 Å². The highest BCUT2D eigenvalue weighted by molar-refractivity contribution is 5.75. The maximum atomic E-state index is 10.8. The lowest BCUT2D eigenvalue weighted by Gasteiger charge is -2.37. The zero-order valence-electron chi connectivity index (χ0n) is 10.4. The first-order valence-corrected chi connectivity index (χ1v) is 6.58. The maximum absolute atomic E-state index is 10.8. The summed E-state index contributed by atoms with van der Waals surface area (Å²) in [4.78, 5) is 15.6. The van der Waals surface area contributed by atoms with Crippen molar-refractivity contribution in [1.29, 1.82) is 0 Å². The normalized spacial score (nSPS) is 25.6. The van der Waals surface area contributed by atoms with Gasteiger partial charge in [-0.05, 0) is 19.3 Å². The first-order valence-electron chi connectivity index (χ1n) is 6.58. The molecule has 0 aliphatic carbocycles. The van der Waals surface area contributed by atoms with E-state index in [-0.39, 0.29) is 5.91 Å². The summed E-state index contributed by atoms with van der Waals surface area (Å²) >= 11 is 0. The van der Waals surface area contributed by atoms with Gasteiger partial charge in [0.1, 0.15) is 0 Å². The second-order valence-corrected chi connectivity index (χ2v) is 4.98. The zero-order valence-corrected chi connectivity index (χ0v) is 10.4. The van der Waals surface area contributed by atoms with Gasteiger partial charge in [-0.15, -0.1) is 0 Å². The number of rotatable bonds is 3. The topological polar surface area (TPSA) is 58.8 Å². The highest BCUT2D eigenvalue weighted by Crippen LogP contribution is 2.17. The third-order valence-electron chi connectivity index (χ3n) is 3.71. The van der Waals surface area contributed by atoms with Crippen LogP contribution in [0.15, 0.2) is 0 Å². The smallest absolute Gasteiger partial charge is 0.231 e. The molecule has 0 aromatic heterocycles. The van der Waals surface area contributed by atoms with E-state index in [0.717, 1.165) is 58.7 Å². The Balaban J connectivity index is 1.75. The Morgan fingerprint density at radius 1 is 1.18 bits per heavy atom. The third-order valence-corrected chi connectivity index (χ3v) is 3.71. The van der Waals surface area contributed by atoms with Crippen molar-refractivity contribution in [3.8, 4) is 0 Å². The van der Waals surface area contributed by atoms with Gasteiger partial charge < -0.3 is 10.5 Å². The van der Waals surface area contributed by atoms with Gasteiger partial charge in [-0.2, -0.15) is 0 Å². The number of carbonyl (C=O) groups is 1. The van der Waals surface area contributed by atoms with Crippen LogP contribution in [0.3, 0.4) is 0 Å². The van der Waals surface area contributed by atoms with Crippen molar-refractivity contribution in [3.05, 3.63) is 0 Å². The number of hydrogen-bond donors (Lipinski definition) is 1. The van der Waals surface area contributed by atoms with Gasteiger partial charge in [0, 0.05) is 38.8 Å². The van der Waals surface area contributed by atoms with Crippen LogP contribution in [0.5, 0.6) is 0 Å². The first-order chi connectivity index (χ1) is 8.25. The number of nitrogens with zero attached hydrogens (tertiary/aromatic N) is 2. The molecule has 98 valence electrons. The number of carbonyl (C=O) groups excluding carboxylic acids is 1. The lowest BCUT2D eigenvalue weighted by atomic mass is 10.0. The molecule has 2 heterocycles. The Bertz CT molecular complexity index is 244. The van der Waals surface area contributed by atoms with Crippen LogP contribution in [0.2, 0.25) is 0 Å². The van der Waals surface area contributed by atoms with Crippen molar-refractivity contribution in [2.24, 2.45) is 5.73 Å². The fourth-order valence-electron chi connectivity index (χ4n) is 2.79. The summed E-state index contributed by atoms with van der Waals surface area (Å²) in [5, 5.41) is 0. The highest BCUT2D eigenvalue weighted by atomic mass is 16.5. The largest absolute Gasteiger partial charge is 0.380 e. The molecule has 2 aliphatic heterocycles. The molecular formula is C12H23N3O2. The predicted molar refractivity (Wildman–Crippen MR) is 65.7 cm³/mol. The molecule has 2 fully saturated rings. The van der Waals surface area contributed by atoms with E-state index < -0.39 is 0 Å². The number of nitrogens with two attached hydrogens (primary N) is 1. The molecule has 2 aliphatic rings. The molecule has 5 nitrogen and oxygen atoms in total. The molecule has 1 amide bonds. The van der Waals surface area contributed by atoms with Crippen LogP contribution in [-0.4, -0.2) is 67.7 Å². The molecule has 0 saturated carbocycles. The van der Waals surface area contributed by atoms with E-state index in [4.69, 9.17) is 10.5 Å². The van der Waals surface area contributed by atoms with Gasteiger partial charge in [0.05, 0.1) is 13.2 Å². The van der Waals surface area contributed by atoms with Gasteiger partial charge >= 0.3 is 0 Å². The summed E-state index contributed by atoms with van der Waals surface area (Å²) in [6.45, 7) is 6.37. The average molecular weight is 241 g/mol. The van der Waals surface area contributed by atoms with Crippen LogP contribution in [-0.2, 0) is 9.53 Å². The van der Waals surface area contributed by atoms with E-state index >= 15 is 0 Å². The van der Waals surface area contributed by atoms with Crippen LogP contribution >= 0.6 is 0 Å². The molecule has 2 rings (SSSR count). The quantitative estimate of drug-likeness (QED) is 0.734. The average Bonchev–Trinajstić information content (AvgIpc) is 2.58. The second kappa shape index (κ2) is 6.33. The Morgan fingerprint density at radius 3 is 2.65 bits per heavy atom. The number of ether oxygens (including phenoxy) is 1. The van der Waals surface area contributed by atoms with E-state index in [2.05, 4.69) is 9.80 Å². The Morgan fingerprint density at radius 2 is 1.94 bits per heavy atom. The maximum Gasteiger partial charge on any atom is 0.231 e. The summed E-state index contributed by atoms with van der Waals surface area (Å²) in [7, 11) is 0. The van der Waals surface area contributed by atoms with Gasteiger partial charge in [-0.1, -0.05) is 0 Å². The molecule has 0 radical (unpaired) electrons. The Labute approximate surface area is 103 Å². The van der Waals surface area contributed by atoms with Crippen molar-refractivity contribution >= 4 is 5.91 Å². The van der Waals surface area contributed by atoms with Crippen molar-refractivity contribution in [2.45, 2.75) is 25.3 Å². The lowest BCUT2D eigenvalue weighted by Crippen LogP contribution is -2.47. The SMILES string of the molecule is NC(=O)CN1CCC(N2CCCOCC2)CC1. The fraction of sp³-hybridized carbons (Fsp3) is 0.917. The molecule has 0 aromatic rings. The van der Waals surface area contributed by atoms with E-state index in [0.29, 0.717) is 12.6 Å². The van der Waals surface area contributed by atoms with Gasteiger partial charge in [-0.3, -0.25) is 14.6 Å². The summed E-state index contributed by atoms with van der Waals surface area (Å²) in [5.74, 6) is -0.216. The Kier molecular flexibility index (Phi) is 4.76. The number of likely N-dealkylation sites (tertiary alicyclic amines) is 1. The van der Waals surface area contributed by atoms with Crippen molar-refractivity contribution in [1.82, 2.24) is 9.80 Å². The van der Waals surface area contributed by atoms with Crippen molar-refractivity contribution in [3.63, 3.8) is 0 Å². The summed E-state index contributed by atoms with van der Waals surface area (Å²) < 4.78 is 5.48. The van der Waals surface area contributed by atoms with E-state index in [9.17, 15) is 4.79 Å². The number of hydrogen-bond acceptors (Lipinski definition) is 4. The van der Waals surface area contributed by atoms with Gasteiger partial charge in [0.15, 0.2) is 0 Å². The molecular weight excluding hydrogens is 218 g/mol. The van der Waals surface area contributed by atoms with Crippen molar-refractivity contribution in [2.75, 3.05) is 45.9 Å². The van der Waals surface area contributed by atoms with Crippen molar-refractivity contribution < 1.29 is 9.53 Å². The summed E-state index contributed by atoms with van der Waals surface area (Å²) in [6, 6.07) is 0.667. The second-order valence-electron chi connectivity index (χ2n) is 4.98. The first kappa shape index (κ1) is 12.8. The summed E-state index contributed by atoms with van der Waals surface area (Å²) in [6.07, 6.45) is 3.43. The van der Waals surface area contributed by atoms with Crippen LogP contribution in [0.4, 0.5) is 0 Å². The summed E-state index contributed by atoms with van der Waals surface area (Å²) in [5.41, 5.74) is 5.21. The zero-order chi connectivity index (χ0) is 12.1. The minimum atomic E-state index is -0.216. The molecule has 2 N–H and O–H groups in total. The molecule has 0 aromatic carbocycles. The van der Waals surface area contributed by atoms with Gasteiger partial charge in [0.2, 0.25) is 5.91 Å². The third kappa shape index (κ3) is 3.94. The Hall–Kier alpha value is -0.650. The number of piperidine rings is 1. The van der Waals surface area contributed by atoms with Crippen LogP contribution in [0.25, 0.3) is 0 Å². The molecule has 2 saturated heterocycles. The van der Waals surface area contributed by atoms with Crippen LogP contribution in [0, 0.1) is 0 Å². The highest BCUT2D eigenvalue weighted by Gasteiger charge is 2.25. The van der Waals surface area contributed by atoms with E-state index in [1.165, 1.54) is 0 Å². The van der Waals surface area contributed by atoms with Crippen LogP contribution < -0.4 is 5.73 Å². The number of primary amides is 1. The minimum absolute atomic E-state index is 0.216. The van der Waals surface area contributed by atoms with Gasteiger partial charge in [0.25, 0.3) is 0 Å². The fourth-order valence-corrected chi connectivity index (χ4v) is 2.79. The standard InChI is InChI=1S/C12H23N3O2/c13-12(16)10-14-5-2-11(3-6-14)15-4-1-8-17-9-7-15/h11H,1-10H2,(H2,13,16). The molecule has 0 bridgehead atoms. The van der Waals surface area contributed by atoms with E-state index in [1.807, 2.05) is 0 Å². The molecule has 17 heavy (non-hydrogen) atoms. The predicted octanol–water partition coefficient (Wildman–Crippen LogP) is -0.342. The molecule has 5 heteroatoms. The number of amides is 1. The van der Waals surface area contributed by atoms with Gasteiger partial charge in [-0.25, -0.2) is 0 Å². The lowest BCUT2D eigenvalue weighted by molar-refractivity contribution is -0.119. The molecule has 0 unspecified atom stereocenters. The van der Waals surface area contributed by atoms with E-state index in [1.54, 1.807) is 0 Å². The monoisotopic (exact) mass is 241 g/mol. The minimum Gasteiger partial charge on any atom is -0.380 e. The molecule has 0 atom stereocenters. The molecule has 0 spiro atoms.